The van der Waals surface area contributed by atoms with Gasteiger partial charge in [0.2, 0.25) is 0 Å². The average Bonchev–Trinajstić information content (AvgIpc) is 2.94. The number of hydrogen-bond acceptors (Lipinski definition) is 6. The van der Waals surface area contributed by atoms with Crippen molar-refractivity contribution in [3.05, 3.63) is 47.1 Å². The zero-order valence-corrected chi connectivity index (χ0v) is 15.6. The molecule has 2 aromatic rings. The van der Waals surface area contributed by atoms with E-state index in [2.05, 4.69) is 15.6 Å². The predicted molar refractivity (Wildman–Crippen MR) is 101 cm³/mol. The monoisotopic (exact) mass is 395 g/mol. The Labute approximate surface area is 156 Å². The van der Waals surface area contributed by atoms with E-state index < -0.39 is 9.84 Å². The molecule has 2 heterocycles. The molecule has 0 aliphatic carbocycles. The molecule has 0 radical (unpaired) electrons. The molecule has 1 unspecified atom stereocenters. The normalized spacial score (nSPS) is 18.3. The Bertz CT molecular complexity index is 916. The van der Waals surface area contributed by atoms with Gasteiger partial charge in [-0.3, -0.25) is 4.79 Å². The number of aromatic nitrogens is 1. The van der Waals surface area contributed by atoms with Crippen molar-refractivity contribution < 1.29 is 17.9 Å². The number of nitrogens with one attached hydrogen (secondary N) is 2. The van der Waals surface area contributed by atoms with Gasteiger partial charge in [0, 0.05) is 17.3 Å². The fourth-order valence-corrected chi connectivity index (χ4v) is 4.55. The van der Waals surface area contributed by atoms with Crippen molar-refractivity contribution in [3.8, 4) is 5.75 Å². The molecule has 0 saturated carbocycles. The van der Waals surface area contributed by atoms with Gasteiger partial charge in [0.05, 0.1) is 29.9 Å². The molecule has 0 spiro atoms. The van der Waals surface area contributed by atoms with Gasteiger partial charge in [0.25, 0.3) is 5.91 Å². The molecule has 1 amide bonds. The summed E-state index contributed by atoms with van der Waals surface area (Å²) in [5, 5.41) is 6.29. The van der Waals surface area contributed by atoms with Crippen molar-refractivity contribution in [1.29, 1.82) is 0 Å². The summed E-state index contributed by atoms with van der Waals surface area (Å²) in [4.78, 5) is 16.6. The number of nitrogens with zero attached hydrogens (tertiary/aromatic N) is 1. The maximum absolute atomic E-state index is 12.4. The van der Waals surface area contributed by atoms with Crippen LogP contribution in [0, 0.1) is 0 Å². The van der Waals surface area contributed by atoms with Crippen LogP contribution in [0.4, 0.5) is 11.5 Å². The first kappa shape index (κ1) is 18.5. The lowest BCUT2D eigenvalue weighted by Gasteiger charge is -2.12. The number of sulfone groups is 1. The lowest BCUT2D eigenvalue weighted by Crippen LogP contribution is -2.21. The van der Waals surface area contributed by atoms with Gasteiger partial charge in [-0.2, -0.15) is 0 Å². The van der Waals surface area contributed by atoms with Crippen LogP contribution in [-0.4, -0.2) is 44.0 Å². The fourth-order valence-electron chi connectivity index (χ4n) is 2.70. The van der Waals surface area contributed by atoms with Gasteiger partial charge in [-0.25, -0.2) is 13.4 Å². The molecule has 1 aromatic carbocycles. The van der Waals surface area contributed by atoms with Crippen LogP contribution in [0.15, 0.2) is 36.5 Å². The highest BCUT2D eigenvalue weighted by Crippen LogP contribution is 2.28. The van der Waals surface area contributed by atoms with Gasteiger partial charge in [0.1, 0.15) is 11.6 Å². The second-order valence-electron chi connectivity index (χ2n) is 5.98. The Morgan fingerprint density at radius 2 is 2.12 bits per heavy atom. The van der Waals surface area contributed by atoms with Gasteiger partial charge in [-0.05, 0) is 36.8 Å². The number of ether oxygens (including phenoxy) is 1. The van der Waals surface area contributed by atoms with Gasteiger partial charge in [0.15, 0.2) is 9.84 Å². The Hall–Kier alpha value is -2.32. The molecule has 138 valence electrons. The van der Waals surface area contributed by atoms with Crippen LogP contribution in [-0.2, 0) is 9.84 Å². The van der Waals surface area contributed by atoms with Crippen molar-refractivity contribution >= 4 is 38.9 Å². The summed E-state index contributed by atoms with van der Waals surface area (Å²) in [7, 11) is -1.45. The molecule has 1 saturated heterocycles. The minimum absolute atomic E-state index is 0.103. The molecule has 1 fully saturated rings. The van der Waals surface area contributed by atoms with Crippen molar-refractivity contribution in [2.75, 3.05) is 29.2 Å². The van der Waals surface area contributed by atoms with E-state index in [0.717, 1.165) is 0 Å². The zero-order chi connectivity index (χ0) is 18.7. The SMILES string of the molecule is COc1ccc(Cl)cc1NC(=O)c1ccc(NC2CCS(=O)(=O)C2)nc1. The summed E-state index contributed by atoms with van der Waals surface area (Å²) in [6.45, 7) is 0. The molecule has 26 heavy (non-hydrogen) atoms. The highest BCUT2D eigenvalue weighted by atomic mass is 35.5. The van der Waals surface area contributed by atoms with Crippen LogP contribution in [0.2, 0.25) is 5.02 Å². The van der Waals surface area contributed by atoms with Crippen molar-refractivity contribution in [2.45, 2.75) is 12.5 Å². The maximum Gasteiger partial charge on any atom is 0.257 e. The van der Waals surface area contributed by atoms with E-state index in [0.29, 0.717) is 34.3 Å². The molecule has 1 atom stereocenters. The van der Waals surface area contributed by atoms with Crippen LogP contribution in [0.25, 0.3) is 0 Å². The summed E-state index contributed by atoms with van der Waals surface area (Å²) in [6.07, 6.45) is 1.99. The molecular weight excluding hydrogens is 378 g/mol. The number of carbonyl (C=O) groups excluding carboxylic acids is 1. The fraction of sp³-hybridized carbons (Fsp3) is 0.294. The zero-order valence-electron chi connectivity index (χ0n) is 14.0. The number of hydrogen-bond donors (Lipinski definition) is 2. The molecule has 0 bridgehead atoms. The van der Waals surface area contributed by atoms with Crippen LogP contribution >= 0.6 is 11.6 Å². The summed E-state index contributed by atoms with van der Waals surface area (Å²) in [6, 6.07) is 8.05. The Kier molecular flexibility index (Phi) is 5.33. The summed E-state index contributed by atoms with van der Waals surface area (Å²) < 4.78 is 28.2. The summed E-state index contributed by atoms with van der Waals surface area (Å²) in [5.41, 5.74) is 0.819. The Morgan fingerprint density at radius 3 is 2.73 bits per heavy atom. The quantitative estimate of drug-likeness (QED) is 0.807. The van der Waals surface area contributed by atoms with Crippen molar-refractivity contribution in [1.82, 2.24) is 4.98 Å². The van der Waals surface area contributed by atoms with Crippen LogP contribution in [0.3, 0.4) is 0 Å². The number of methoxy groups -OCH3 is 1. The average molecular weight is 396 g/mol. The number of halogens is 1. The molecular formula is C17H18ClN3O4S. The van der Waals surface area contributed by atoms with Crippen molar-refractivity contribution in [2.24, 2.45) is 0 Å². The summed E-state index contributed by atoms with van der Waals surface area (Å²) in [5.74, 6) is 0.964. The van der Waals surface area contributed by atoms with Crippen molar-refractivity contribution in [3.63, 3.8) is 0 Å². The molecule has 1 aromatic heterocycles. The lowest BCUT2D eigenvalue weighted by molar-refractivity contribution is 0.102. The largest absolute Gasteiger partial charge is 0.495 e. The molecule has 9 heteroatoms. The van der Waals surface area contributed by atoms with Crippen LogP contribution in [0.5, 0.6) is 5.75 Å². The topological polar surface area (TPSA) is 97.4 Å². The van der Waals surface area contributed by atoms with E-state index in [4.69, 9.17) is 16.3 Å². The smallest absolute Gasteiger partial charge is 0.257 e. The van der Waals surface area contributed by atoms with E-state index in [9.17, 15) is 13.2 Å². The first-order valence-corrected chi connectivity index (χ1v) is 10.1. The Balaban J connectivity index is 1.67. The third-order valence-corrected chi connectivity index (χ3v) is 6.02. The van der Waals surface area contributed by atoms with E-state index in [-0.39, 0.29) is 23.5 Å². The number of rotatable bonds is 5. The maximum atomic E-state index is 12.4. The third kappa shape index (κ3) is 4.44. The summed E-state index contributed by atoms with van der Waals surface area (Å²) >= 11 is 5.95. The first-order chi connectivity index (χ1) is 12.4. The molecule has 3 rings (SSSR count). The van der Waals surface area contributed by atoms with Gasteiger partial charge < -0.3 is 15.4 Å². The molecule has 1 aliphatic rings. The van der Waals surface area contributed by atoms with Gasteiger partial charge in [-0.1, -0.05) is 11.6 Å². The minimum atomic E-state index is -2.96. The highest BCUT2D eigenvalue weighted by Gasteiger charge is 2.27. The number of amides is 1. The van der Waals surface area contributed by atoms with Crippen LogP contribution < -0.4 is 15.4 Å². The molecule has 7 nitrogen and oxygen atoms in total. The van der Waals surface area contributed by atoms with E-state index in [1.54, 1.807) is 30.3 Å². The molecule has 2 N–H and O–H groups in total. The minimum Gasteiger partial charge on any atom is -0.495 e. The number of carbonyl (C=O) groups is 1. The number of anilines is 2. The van der Waals surface area contributed by atoms with Gasteiger partial charge >= 0.3 is 0 Å². The first-order valence-electron chi connectivity index (χ1n) is 7.94. The lowest BCUT2D eigenvalue weighted by atomic mass is 10.2. The van der Waals surface area contributed by atoms with Gasteiger partial charge in [-0.15, -0.1) is 0 Å². The Morgan fingerprint density at radius 1 is 1.31 bits per heavy atom. The predicted octanol–water partition coefficient (Wildman–Crippen LogP) is 2.59. The highest BCUT2D eigenvalue weighted by molar-refractivity contribution is 7.91. The van der Waals surface area contributed by atoms with E-state index >= 15 is 0 Å². The molecule has 1 aliphatic heterocycles. The number of pyridine rings is 1. The van der Waals surface area contributed by atoms with E-state index in [1.807, 2.05) is 0 Å². The third-order valence-electron chi connectivity index (χ3n) is 4.02. The second kappa shape index (κ2) is 7.51. The van der Waals surface area contributed by atoms with E-state index in [1.165, 1.54) is 13.3 Å². The van der Waals surface area contributed by atoms with Crippen LogP contribution in [0.1, 0.15) is 16.8 Å². The second-order valence-corrected chi connectivity index (χ2v) is 8.64. The number of benzene rings is 1. The standard InChI is InChI=1S/C17H18ClN3O4S/c1-25-15-4-3-12(18)8-14(15)21-17(22)11-2-5-16(19-9-11)20-13-6-7-26(23,24)10-13/h2-5,8-9,13H,6-7,10H2,1H3,(H,19,20)(H,21,22).